The molecule has 37 heavy (non-hydrogen) atoms. The van der Waals surface area contributed by atoms with Gasteiger partial charge in [-0.1, -0.05) is 24.3 Å². The van der Waals surface area contributed by atoms with Gasteiger partial charge in [0.1, 0.15) is 24.1 Å². The molecule has 0 aliphatic carbocycles. The van der Waals surface area contributed by atoms with Crippen LogP contribution in [0, 0.1) is 4.91 Å². The lowest BCUT2D eigenvalue weighted by Gasteiger charge is -2.33. The molecular formula is C24H22F3N5O5. The minimum atomic E-state index is -4.55. The monoisotopic (exact) mass is 517 g/mol. The van der Waals surface area contributed by atoms with Crippen LogP contribution < -0.4 is 20.9 Å². The molecule has 0 radical (unpaired) electrons. The predicted octanol–water partition coefficient (Wildman–Crippen LogP) is 3.29. The highest BCUT2D eigenvalue weighted by Crippen LogP contribution is 2.37. The smallest absolute Gasteiger partial charge is 0.419 e. The molecule has 1 aromatic heterocycles. The van der Waals surface area contributed by atoms with Gasteiger partial charge in [0.15, 0.2) is 5.78 Å². The van der Waals surface area contributed by atoms with Crippen LogP contribution in [0.5, 0.6) is 5.75 Å². The van der Waals surface area contributed by atoms with Crippen LogP contribution >= 0.6 is 0 Å². The van der Waals surface area contributed by atoms with Crippen molar-refractivity contribution in [2.75, 3.05) is 18.0 Å². The van der Waals surface area contributed by atoms with Gasteiger partial charge in [0.2, 0.25) is 5.82 Å². The Labute approximate surface area is 207 Å². The van der Waals surface area contributed by atoms with E-state index in [9.17, 15) is 32.5 Å². The van der Waals surface area contributed by atoms with Crippen molar-refractivity contribution in [3.05, 3.63) is 85.4 Å². The standard InChI is InChI=1S/C24H22F3N5O5/c1-30-22(34)21(28-32(23(30)35)14-19(33)15-5-4-6-16(13-15)29-36)31-11-9-17(10-12-31)37-20-8-3-2-7-18(20)24(25,26)27/h2-8,13,17H,9-12,14H2,1H3. The third kappa shape index (κ3) is 5.60. The molecule has 0 amide bonds. The number of carbonyl (C=O) groups is 1. The van der Waals surface area contributed by atoms with Gasteiger partial charge in [-0.3, -0.25) is 14.2 Å². The number of aromatic nitrogens is 3. The number of piperidine rings is 1. The normalized spacial score (nSPS) is 14.4. The molecule has 1 fully saturated rings. The van der Waals surface area contributed by atoms with E-state index < -0.39 is 41.4 Å². The molecule has 4 rings (SSSR count). The van der Waals surface area contributed by atoms with E-state index in [1.54, 1.807) is 4.90 Å². The summed E-state index contributed by atoms with van der Waals surface area (Å²) in [5.41, 5.74) is -2.12. The second-order valence-electron chi connectivity index (χ2n) is 8.49. The highest BCUT2D eigenvalue weighted by molar-refractivity contribution is 5.96. The Bertz CT molecular complexity index is 1440. The van der Waals surface area contributed by atoms with Gasteiger partial charge in [0, 0.05) is 38.5 Å². The zero-order valence-electron chi connectivity index (χ0n) is 19.6. The van der Waals surface area contributed by atoms with Crippen LogP contribution in [-0.2, 0) is 19.8 Å². The van der Waals surface area contributed by atoms with E-state index in [2.05, 4.69) is 10.3 Å². The molecule has 2 aromatic carbocycles. The highest BCUT2D eigenvalue weighted by Gasteiger charge is 2.35. The first-order valence-electron chi connectivity index (χ1n) is 11.3. The Morgan fingerprint density at radius 3 is 2.49 bits per heavy atom. The fraction of sp³-hybridized carbons (Fsp3) is 0.333. The molecular weight excluding hydrogens is 495 g/mol. The number of anilines is 1. The topological polar surface area (TPSA) is 116 Å². The van der Waals surface area contributed by atoms with Gasteiger partial charge in [-0.05, 0) is 29.4 Å². The van der Waals surface area contributed by atoms with Crippen LogP contribution in [0.2, 0.25) is 0 Å². The van der Waals surface area contributed by atoms with Gasteiger partial charge in [-0.25, -0.2) is 9.48 Å². The number of benzene rings is 2. The van der Waals surface area contributed by atoms with Crippen molar-refractivity contribution in [3.63, 3.8) is 0 Å². The molecule has 0 spiro atoms. The molecule has 3 aromatic rings. The molecule has 0 N–H and O–H groups in total. The molecule has 2 heterocycles. The highest BCUT2D eigenvalue weighted by atomic mass is 19.4. The van der Waals surface area contributed by atoms with Gasteiger partial charge in [0.25, 0.3) is 5.56 Å². The average Bonchev–Trinajstić information content (AvgIpc) is 2.89. The third-order valence-electron chi connectivity index (χ3n) is 6.01. The SMILES string of the molecule is Cn1c(=O)c(N2CCC(Oc3ccccc3C(F)(F)F)CC2)nn(CC(=O)c2cccc(N=O)c2)c1=O. The second-order valence-corrected chi connectivity index (χ2v) is 8.49. The lowest BCUT2D eigenvalue weighted by atomic mass is 10.1. The summed E-state index contributed by atoms with van der Waals surface area (Å²) in [6.45, 7) is -0.00333. The van der Waals surface area contributed by atoms with Crippen molar-refractivity contribution < 1.29 is 22.7 Å². The fourth-order valence-corrected chi connectivity index (χ4v) is 4.04. The van der Waals surface area contributed by atoms with Crippen LogP contribution in [-0.4, -0.2) is 39.3 Å². The predicted molar refractivity (Wildman–Crippen MR) is 127 cm³/mol. The first-order valence-corrected chi connectivity index (χ1v) is 11.3. The van der Waals surface area contributed by atoms with Crippen molar-refractivity contribution in [2.45, 2.75) is 31.7 Å². The molecule has 0 bridgehead atoms. The number of halogens is 3. The van der Waals surface area contributed by atoms with Gasteiger partial charge in [0.05, 0.1) is 5.56 Å². The minimum absolute atomic E-state index is 0.0512. The van der Waals surface area contributed by atoms with E-state index in [1.165, 1.54) is 49.5 Å². The zero-order chi connectivity index (χ0) is 26.7. The molecule has 194 valence electrons. The van der Waals surface area contributed by atoms with E-state index in [1.807, 2.05) is 0 Å². The Morgan fingerprint density at radius 2 is 1.81 bits per heavy atom. The number of nitrogens with zero attached hydrogens (tertiary/aromatic N) is 5. The van der Waals surface area contributed by atoms with Gasteiger partial charge >= 0.3 is 11.9 Å². The number of alkyl halides is 3. The number of carbonyl (C=O) groups excluding carboxylic acids is 1. The van der Waals surface area contributed by atoms with Crippen LogP contribution in [0.1, 0.15) is 28.8 Å². The van der Waals surface area contributed by atoms with E-state index in [0.717, 1.165) is 15.3 Å². The summed E-state index contributed by atoms with van der Waals surface area (Å²) in [7, 11) is 1.26. The number of ketones is 1. The van der Waals surface area contributed by atoms with Gasteiger partial charge < -0.3 is 9.64 Å². The Hall–Kier alpha value is -4.29. The summed E-state index contributed by atoms with van der Waals surface area (Å²) in [6.07, 6.45) is -4.46. The van der Waals surface area contributed by atoms with Crippen molar-refractivity contribution >= 4 is 17.3 Å². The molecule has 1 saturated heterocycles. The summed E-state index contributed by atoms with van der Waals surface area (Å²) in [6, 6.07) is 10.6. The molecule has 0 saturated carbocycles. The van der Waals surface area contributed by atoms with Crippen molar-refractivity contribution in [2.24, 2.45) is 12.2 Å². The summed E-state index contributed by atoms with van der Waals surface area (Å²) in [5, 5.41) is 6.90. The molecule has 1 aliphatic rings. The number of nitroso groups, excluding NO2 is 1. The number of hydrogen-bond donors (Lipinski definition) is 0. The molecule has 10 nitrogen and oxygen atoms in total. The maximum absolute atomic E-state index is 13.3. The number of rotatable bonds is 7. The zero-order valence-corrected chi connectivity index (χ0v) is 19.6. The first-order chi connectivity index (χ1) is 17.6. The Balaban J connectivity index is 1.50. The van der Waals surface area contributed by atoms with E-state index in [0.29, 0.717) is 12.8 Å². The maximum atomic E-state index is 13.3. The van der Waals surface area contributed by atoms with Crippen LogP contribution in [0.15, 0.2) is 63.3 Å². The lowest BCUT2D eigenvalue weighted by molar-refractivity contribution is -0.139. The summed E-state index contributed by atoms with van der Waals surface area (Å²) >= 11 is 0. The Morgan fingerprint density at radius 1 is 1.11 bits per heavy atom. The Kier molecular flexibility index (Phi) is 7.23. The van der Waals surface area contributed by atoms with Crippen molar-refractivity contribution in [3.8, 4) is 5.75 Å². The minimum Gasteiger partial charge on any atom is -0.490 e. The average molecular weight is 517 g/mol. The summed E-state index contributed by atoms with van der Waals surface area (Å²) < 4.78 is 47.1. The number of para-hydroxylation sites is 1. The van der Waals surface area contributed by atoms with Gasteiger partial charge in [-0.2, -0.15) is 13.2 Å². The number of Topliss-reactive ketones (excluding diaryl/α,β-unsaturated/α-hetero) is 1. The number of hydrogen-bond acceptors (Lipinski definition) is 8. The maximum Gasteiger partial charge on any atom is 0.419 e. The quantitative estimate of drug-likeness (QED) is 0.349. The third-order valence-corrected chi connectivity index (χ3v) is 6.01. The molecule has 13 heteroatoms. The second kappa shape index (κ2) is 10.4. The molecule has 1 aliphatic heterocycles. The number of ether oxygens (including phenoxy) is 1. The van der Waals surface area contributed by atoms with Gasteiger partial charge in [-0.15, -0.1) is 10.0 Å². The van der Waals surface area contributed by atoms with E-state index >= 15 is 0 Å². The summed E-state index contributed by atoms with van der Waals surface area (Å²) in [5.74, 6) is -0.837. The van der Waals surface area contributed by atoms with Crippen LogP contribution in [0.4, 0.5) is 24.7 Å². The van der Waals surface area contributed by atoms with E-state index in [-0.39, 0.29) is 35.9 Å². The fourth-order valence-electron chi connectivity index (χ4n) is 4.04. The summed E-state index contributed by atoms with van der Waals surface area (Å²) in [4.78, 5) is 50.4. The van der Waals surface area contributed by atoms with E-state index in [4.69, 9.17) is 4.74 Å². The lowest BCUT2D eigenvalue weighted by Crippen LogP contribution is -2.47. The molecule has 0 atom stereocenters. The van der Waals surface area contributed by atoms with Crippen molar-refractivity contribution in [1.29, 1.82) is 0 Å². The molecule has 0 unspecified atom stereocenters. The van der Waals surface area contributed by atoms with Crippen LogP contribution in [0.3, 0.4) is 0 Å². The van der Waals surface area contributed by atoms with Crippen molar-refractivity contribution in [1.82, 2.24) is 14.3 Å². The van der Waals surface area contributed by atoms with Crippen LogP contribution in [0.25, 0.3) is 0 Å². The first kappa shape index (κ1) is 25.8. The largest absolute Gasteiger partial charge is 0.490 e.